The van der Waals surface area contributed by atoms with Crippen LogP contribution in [0.15, 0.2) is 23.1 Å². The van der Waals surface area contributed by atoms with Gasteiger partial charge in [0.25, 0.3) is 0 Å². The Labute approximate surface area is 113 Å². The van der Waals surface area contributed by atoms with Gasteiger partial charge in [0.15, 0.2) is 0 Å². The summed E-state index contributed by atoms with van der Waals surface area (Å²) in [4.78, 5) is -0.0136. The van der Waals surface area contributed by atoms with Crippen molar-refractivity contribution in [3.05, 3.63) is 23.2 Å². The third-order valence-corrected chi connectivity index (χ3v) is 5.34. The molecule has 0 aliphatic heterocycles. The van der Waals surface area contributed by atoms with Gasteiger partial charge in [-0.15, -0.1) is 0 Å². The maximum atomic E-state index is 12.1. The summed E-state index contributed by atoms with van der Waals surface area (Å²) in [5.41, 5.74) is 5.85. The van der Waals surface area contributed by atoms with E-state index in [0.29, 0.717) is 12.5 Å². The molecule has 1 aliphatic rings. The minimum atomic E-state index is -3.61. The Hall–Kier alpha value is -0.780. The summed E-state index contributed by atoms with van der Waals surface area (Å²) in [6, 6.07) is 4.69. The van der Waals surface area contributed by atoms with Crippen LogP contribution in [-0.2, 0) is 10.0 Å². The summed E-state index contributed by atoms with van der Waals surface area (Å²) < 4.78 is 26.7. The number of rotatable bonds is 5. The second-order valence-electron chi connectivity index (χ2n) is 4.64. The molecule has 100 valence electrons. The van der Waals surface area contributed by atoms with Crippen LogP contribution < -0.4 is 10.5 Å². The van der Waals surface area contributed by atoms with Crippen LogP contribution in [0.25, 0.3) is 0 Å². The lowest BCUT2D eigenvalue weighted by atomic mass is 9.83. The van der Waals surface area contributed by atoms with Gasteiger partial charge in [0, 0.05) is 6.54 Å². The first-order valence-electron chi connectivity index (χ1n) is 6.04. The Kier molecular flexibility index (Phi) is 4.14. The minimum absolute atomic E-state index is 0.0136. The van der Waals surface area contributed by atoms with Gasteiger partial charge in [0.2, 0.25) is 10.0 Å². The summed E-state index contributed by atoms with van der Waals surface area (Å²) in [6.45, 7) is 0.442. The lowest BCUT2D eigenvalue weighted by Gasteiger charge is -2.25. The first-order chi connectivity index (χ1) is 8.50. The predicted octanol–water partition coefficient (Wildman–Crippen LogP) is 2.39. The number of nitrogen functional groups attached to an aromatic ring is 1. The average molecular weight is 289 g/mol. The van der Waals surface area contributed by atoms with Crippen molar-refractivity contribution >= 4 is 27.3 Å². The van der Waals surface area contributed by atoms with E-state index in [4.69, 9.17) is 17.3 Å². The molecular weight excluding hydrogens is 272 g/mol. The standard InChI is InChI=1S/C12H17ClN2O2S/c13-10-5-2-6-11(14)12(10)18(16,17)15-8-7-9-3-1-4-9/h2,5-6,9,15H,1,3-4,7-8,14H2. The fourth-order valence-electron chi connectivity index (χ4n) is 2.06. The molecule has 3 N–H and O–H groups in total. The summed E-state index contributed by atoms with van der Waals surface area (Å²) >= 11 is 5.89. The van der Waals surface area contributed by atoms with E-state index in [9.17, 15) is 8.42 Å². The molecule has 1 aliphatic carbocycles. The van der Waals surface area contributed by atoms with E-state index in [-0.39, 0.29) is 15.6 Å². The number of halogens is 1. The van der Waals surface area contributed by atoms with Crippen LogP contribution in [-0.4, -0.2) is 15.0 Å². The van der Waals surface area contributed by atoms with Gasteiger partial charge in [-0.2, -0.15) is 0 Å². The van der Waals surface area contributed by atoms with Crippen molar-refractivity contribution in [2.24, 2.45) is 5.92 Å². The number of sulfonamides is 1. The summed E-state index contributed by atoms with van der Waals surface area (Å²) in [6.07, 6.45) is 4.55. The minimum Gasteiger partial charge on any atom is -0.398 e. The van der Waals surface area contributed by atoms with E-state index in [1.54, 1.807) is 6.07 Å². The molecular formula is C12H17ClN2O2S. The van der Waals surface area contributed by atoms with Crippen LogP contribution in [0.2, 0.25) is 5.02 Å². The molecule has 18 heavy (non-hydrogen) atoms. The SMILES string of the molecule is Nc1cccc(Cl)c1S(=O)(=O)NCCC1CCC1. The quantitative estimate of drug-likeness (QED) is 0.817. The zero-order chi connectivity index (χ0) is 13.2. The zero-order valence-corrected chi connectivity index (χ0v) is 11.6. The van der Waals surface area contributed by atoms with Gasteiger partial charge >= 0.3 is 0 Å². The van der Waals surface area contributed by atoms with Crippen molar-refractivity contribution in [3.8, 4) is 0 Å². The highest BCUT2D eigenvalue weighted by atomic mass is 35.5. The summed E-state index contributed by atoms with van der Waals surface area (Å²) in [5, 5.41) is 0.158. The molecule has 0 saturated heterocycles. The van der Waals surface area contributed by atoms with Crippen molar-refractivity contribution in [3.63, 3.8) is 0 Å². The van der Waals surface area contributed by atoms with Gasteiger partial charge in [0.05, 0.1) is 10.7 Å². The maximum Gasteiger partial charge on any atom is 0.244 e. The van der Waals surface area contributed by atoms with Crippen LogP contribution >= 0.6 is 11.6 Å². The molecule has 0 radical (unpaired) electrons. The lowest BCUT2D eigenvalue weighted by Crippen LogP contribution is -2.28. The Morgan fingerprint density at radius 1 is 1.39 bits per heavy atom. The number of hydrogen-bond acceptors (Lipinski definition) is 3. The predicted molar refractivity (Wildman–Crippen MR) is 73.0 cm³/mol. The number of benzene rings is 1. The Bertz CT molecular complexity index is 507. The number of anilines is 1. The molecule has 0 unspecified atom stereocenters. The first-order valence-corrected chi connectivity index (χ1v) is 7.90. The highest BCUT2D eigenvalue weighted by Gasteiger charge is 2.22. The molecule has 1 aromatic rings. The van der Waals surface area contributed by atoms with Gasteiger partial charge < -0.3 is 5.73 Å². The maximum absolute atomic E-state index is 12.1. The van der Waals surface area contributed by atoms with Crippen molar-refractivity contribution in [1.29, 1.82) is 0 Å². The monoisotopic (exact) mass is 288 g/mol. The average Bonchev–Trinajstić information content (AvgIpc) is 2.21. The molecule has 0 aromatic heterocycles. The summed E-state index contributed by atoms with van der Waals surface area (Å²) in [5.74, 6) is 0.663. The van der Waals surface area contributed by atoms with Gasteiger partial charge in [0.1, 0.15) is 4.90 Å². The molecule has 0 bridgehead atoms. The normalized spacial score (nSPS) is 16.5. The molecule has 1 fully saturated rings. The summed E-state index contributed by atoms with van der Waals surface area (Å²) in [7, 11) is -3.61. The highest BCUT2D eigenvalue weighted by molar-refractivity contribution is 7.89. The van der Waals surface area contributed by atoms with Gasteiger partial charge in [-0.25, -0.2) is 13.1 Å². The number of nitrogens with one attached hydrogen (secondary N) is 1. The van der Waals surface area contributed by atoms with Crippen molar-refractivity contribution in [1.82, 2.24) is 4.72 Å². The number of hydrogen-bond donors (Lipinski definition) is 2. The second-order valence-corrected chi connectivity index (χ2v) is 6.75. The fraction of sp³-hybridized carbons (Fsp3) is 0.500. The van der Waals surface area contributed by atoms with E-state index in [1.165, 1.54) is 31.4 Å². The van der Waals surface area contributed by atoms with Gasteiger partial charge in [-0.1, -0.05) is 36.9 Å². The van der Waals surface area contributed by atoms with Crippen molar-refractivity contribution in [2.45, 2.75) is 30.6 Å². The van der Waals surface area contributed by atoms with Gasteiger partial charge in [-0.05, 0) is 24.5 Å². The topological polar surface area (TPSA) is 72.2 Å². The van der Waals surface area contributed by atoms with Crippen molar-refractivity contribution < 1.29 is 8.42 Å². The molecule has 0 spiro atoms. The van der Waals surface area contributed by atoms with Crippen molar-refractivity contribution in [2.75, 3.05) is 12.3 Å². The van der Waals surface area contributed by atoms with E-state index < -0.39 is 10.0 Å². The van der Waals surface area contributed by atoms with Crippen LogP contribution in [0.1, 0.15) is 25.7 Å². The Morgan fingerprint density at radius 2 is 2.11 bits per heavy atom. The first kappa shape index (κ1) is 13.6. The third-order valence-electron chi connectivity index (χ3n) is 3.34. The largest absolute Gasteiger partial charge is 0.398 e. The smallest absolute Gasteiger partial charge is 0.244 e. The van der Waals surface area contributed by atoms with Gasteiger partial charge in [-0.3, -0.25) is 0 Å². The molecule has 2 rings (SSSR count). The second kappa shape index (κ2) is 5.47. The van der Waals surface area contributed by atoms with Crippen LogP contribution in [0, 0.1) is 5.92 Å². The Morgan fingerprint density at radius 3 is 2.67 bits per heavy atom. The molecule has 6 heteroatoms. The molecule has 0 atom stereocenters. The number of nitrogens with two attached hydrogens (primary N) is 1. The van der Waals surface area contributed by atoms with E-state index >= 15 is 0 Å². The molecule has 0 heterocycles. The van der Waals surface area contributed by atoms with E-state index in [2.05, 4.69) is 4.72 Å². The fourth-order valence-corrected chi connectivity index (χ4v) is 3.78. The Balaban J connectivity index is 2.05. The zero-order valence-electron chi connectivity index (χ0n) is 10.0. The van der Waals surface area contributed by atoms with E-state index in [1.807, 2.05) is 0 Å². The molecule has 4 nitrogen and oxygen atoms in total. The van der Waals surface area contributed by atoms with Crippen LogP contribution in [0.3, 0.4) is 0 Å². The highest BCUT2D eigenvalue weighted by Crippen LogP contribution is 2.30. The molecule has 1 aromatic carbocycles. The third kappa shape index (κ3) is 2.96. The van der Waals surface area contributed by atoms with Crippen LogP contribution in [0.4, 0.5) is 5.69 Å². The van der Waals surface area contributed by atoms with E-state index in [0.717, 1.165) is 6.42 Å². The molecule has 0 amide bonds. The molecule has 1 saturated carbocycles. The lowest BCUT2D eigenvalue weighted by molar-refractivity contribution is 0.297. The van der Waals surface area contributed by atoms with Crippen LogP contribution in [0.5, 0.6) is 0 Å².